The van der Waals surface area contributed by atoms with Crippen LogP contribution in [0.25, 0.3) is 0 Å². The summed E-state index contributed by atoms with van der Waals surface area (Å²) in [4.78, 5) is 18.5. The van der Waals surface area contributed by atoms with E-state index in [1.54, 1.807) is 22.7 Å². The van der Waals surface area contributed by atoms with Crippen molar-refractivity contribution >= 4 is 55.8 Å². The molecular weight excluding hydrogens is 398 g/mol. The van der Waals surface area contributed by atoms with E-state index in [1.165, 1.54) is 26.7 Å². The molecule has 3 aromatic rings. The standard InChI is InChI=1S/C16H12BrNOS3/c17-14-4-3-13(22-14)16(19)18-7-5-11-10(6-9-21-11)15(18)12-2-1-8-20-12/h1-4,6,8-9,15H,5,7H2. The Morgan fingerprint density at radius 3 is 2.82 bits per heavy atom. The second-order valence-electron chi connectivity index (χ2n) is 5.07. The highest BCUT2D eigenvalue weighted by molar-refractivity contribution is 9.11. The molecule has 1 atom stereocenters. The van der Waals surface area contributed by atoms with E-state index >= 15 is 0 Å². The van der Waals surface area contributed by atoms with Crippen LogP contribution in [0.2, 0.25) is 0 Å². The number of amides is 1. The molecule has 4 heterocycles. The number of hydrogen-bond acceptors (Lipinski definition) is 4. The monoisotopic (exact) mass is 409 g/mol. The molecule has 0 saturated carbocycles. The molecule has 0 radical (unpaired) electrons. The summed E-state index contributed by atoms with van der Waals surface area (Å²) in [5.41, 5.74) is 1.29. The maximum atomic E-state index is 13.0. The quantitative estimate of drug-likeness (QED) is 0.552. The number of nitrogens with zero attached hydrogens (tertiary/aromatic N) is 1. The molecule has 4 rings (SSSR count). The van der Waals surface area contributed by atoms with Crippen LogP contribution in [0.3, 0.4) is 0 Å². The average Bonchev–Trinajstić information content (AvgIpc) is 3.26. The van der Waals surface area contributed by atoms with Gasteiger partial charge in [0, 0.05) is 16.3 Å². The zero-order valence-corrected chi connectivity index (χ0v) is 15.5. The van der Waals surface area contributed by atoms with Crippen LogP contribution in [-0.2, 0) is 6.42 Å². The minimum atomic E-state index is 0.0587. The molecular formula is C16H12BrNOS3. The normalized spacial score (nSPS) is 17.5. The molecule has 6 heteroatoms. The molecule has 0 N–H and O–H groups in total. The average molecular weight is 410 g/mol. The lowest BCUT2D eigenvalue weighted by molar-refractivity contribution is 0.0704. The fourth-order valence-corrected chi connectivity index (χ4v) is 5.96. The predicted octanol–water partition coefficient (Wildman–Crippen LogP) is 5.42. The number of thiophene rings is 3. The Morgan fingerprint density at radius 1 is 1.18 bits per heavy atom. The van der Waals surface area contributed by atoms with E-state index < -0.39 is 0 Å². The number of halogens is 1. The van der Waals surface area contributed by atoms with Crippen LogP contribution in [0.4, 0.5) is 0 Å². The second-order valence-corrected chi connectivity index (χ2v) is 9.51. The van der Waals surface area contributed by atoms with Crippen molar-refractivity contribution < 1.29 is 4.79 Å². The summed E-state index contributed by atoms with van der Waals surface area (Å²) in [6, 6.07) is 10.3. The molecule has 0 aromatic carbocycles. The highest BCUT2D eigenvalue weighted by Crippen LogP contribution is 2.40. The third-order valence-corrected chi connectivity index (χ3v) is 7.36. The molecule has 3 aromatic heterocycles. The first-order valence-corrected chi connectivity index (χ1v) is 10.3. The van der Waals surface area contributed by atoms with E-state index in [0.29, 0.717) is 0 Å². The second kappa shape index (κ2) is 5.92. The third-order valence-electron chi connectivity index (χ3n) is 3.82. The van der Waals surface area contributed by atoms with Crippen LogP contribution in [0, 0.1) is 0 Å². The van der Waals surface area contributed by atoms with E-state index in [-0.39, 0.29) is 11.9 Å². The SMILES string of the molecule is O=C(c1ccc(Br)s1)N1CCc2sccc2C1c1cccs1. The Morgan fingerprint density at radius 2 is 2.09 bits per heavy atom. The van der Waals surface area contributed by atoms with Crippen LogP contribution in [0.5, 0.6) is 0 Å². The van der Waals surface area contributed by atoms with Gasteiger partial charge in [-0.1, -0.05) is 6.07 Å². The topological polar surface area (TPSA) is 20.3 Å². The Bertz CT molecular complexity index is 805. The van der Waals surface area contributed by atoms with Crippen LogP contribution >= 0.6 is 49.9 Å². The Balaban J connectivity index is 1.76. The van der Waals surface area contributed by atoms with Crippen molar-refractivity contribution in [3.63, 3.8) is 0 Å². The van der Waals surface area contributed by atoms with Gasteiger partial charge in [0.05, 0.1) is 14.7 Å². The molecule has 0 saturated heterocycles. The molecule has 0 aliphatic carbocycles. The summed E-state index contributed by atoms with van der Waals surface area (Å²) < 4.78 is 0.997. The van der Waals surface area contributed by atoms with Crippen molar-refractivity contribution in [3.8, 4) is 0 Å². The maximum absolute atomic E-state index is 13.0. The van der Waals surface area contributed by atoms with Gasteiger partial charge < -0.3 is 4.90 Å². The van der Waals surface area contributed by atoms with Gasteiger partial charge in [0.15, 0.2) is 0 Å². The van der Waals surface area contributed by atoms with Gasteiger partial charge in [-0.3, -0.25) is 4.79 Å². The van der Waals surface area contributed by atoms with Gasteiger partial charge in [-0.25, -0.2) is 0 Å². The molecule has 112 valence electrons. The van der Waals surface area contributed by atoms with Crippen LogP contribution < -0.4 is 0 Å². The number of carbonyl (C=O) groups excluding carboxylic acids is 1. The van der Waals surface area contributed by atoms with E-state index in [1.807, 2.05) is 17.0 Å². The van der Waals surface area contributed by atoms with E-state index in [9.17, 15) is 4.79 Å². The maximum Gasteiger partial charge on any atom is 0.264 e. The lowest BCUT2D eigenvalue weighted by atomic mass is 9.98. The Hall–Kier alpha value is -0.950. The first-order chi connectivity index (χ1) is 10.7. The summed E-state index contributed by atoms with van der Waals surface area (Å²) in [7, 11) is 0. The molecule has 2 nitrogen and oxygen atoms in total. The van der Waals surface area contributed by atoms with Gasteiger partial charge in [-0.05, 0) is 62.9 Å². The Kier molecular flexibility index (Phi) is 3.94. The number of fused-ring (bicyclic) bond motifs is 1. The van der Waals surface area contributed by atoms with E-state index in [4.69, 9.17) is 0 Å². The van der Waals surface area contributed by atoms with Crippen LogP contribution in [0.1, 0.15) is 31.0 Å². The molecule has 1 unspecified atom stereocenters. The number of rotatable bonds is 2. The van der Waals surface area contributed by atoms with E-state index in [0.717, 1.165) is 21.6 Å². The Labute approximate surface area is 149 Å². The van der Waals surface area contributed by atoms with Crippen molar-refractivity contribution in [3.05, 3.63) is 65.1 Å². The van der Waals surface area contributed by atoms with Gasteiger partial charge in [-0.15, -0.1) is 34.0 Å². The molecule has 1 amide bonds. The lowest BCUT2D eigenvalue weighted by Crippen LogP contribution is -2.39. The zero-order valence-electron chi connectivity index (χ0n) is 11.5. The smallest absolute Gasteiger partial charge is 0.264 e. The van der Waals surface area contributed by atoms with Crippen molar-refractivity contribution in [2.45, 2.75) is 12.5 Å². The summed E-state index contributed by atoms with van der Waals surface area (Å²) in [5, 5.41) is 4.22. The molecule has 0 bridgehead atoms. The molecule has 1 aliphatic rings. The van der Waals surface area contributed by atoms with Gasteiger partial charge in [0.25, 0.3) is 5.91 Å². The number of carbonyl (C=O) groups is 1. The van der Waals surface area contributed by atoms with Crippen molar-refractivity contribution in [2.75, 3.05) is 6.54 Å². The van der Waals surface area contributed by atoms with Crippen molar-refractivity contribution in [2.24, 2.45) is 0 Å². The van der Waals surface area contributed by atoms with Gasteiger partial charge in [-0.2, -0.15) is 0 Å². The highest BCUT2D eigenvalue weighted by Gasteiger charge is 2.34. The summed E-state index contributed by atoms with van der Waals surface area (Å²) in [5.74, 6) is 0.131. The molecule has 1 aliphatic heterocycles. The fraction of sp³-hybridized carbons (Fsp3) is 0.188. The van der Waals surface area contributed by atoms with Crippen molar-refractivity contribution in [1.82, 2.24) is 4.90 Å². The lowest BCUT2D eigenvalue weighted by Gasteiger charge is -2.35. The minimum absolute atomic E-state index is 0.0587. The summed E-state index contributed by atoms with van der Waals surface area (Å²) in [6.07, 6.45) is 0.952. The van der Waals surface area contributed by atoms with Gasteiger partial charge >= 0.3 is 0 Å². The van der Waals surface area contributed by atoms with Crippen LogP contribution in [-0.4, -0.2) is 17.4 Å². The molecule has 22 heavy (non-hydrogen) atoms. The summed E-state index contributed by atoms with van der Waals surface area (Å²) in [6.45, 7) is 0.782. The van der Waals surface area contributed by atoms with Gasteiger partial charge in [0.1, 0.15) is 0 Å². The van der Waals surface area contributed by atoms with Crippen molar-refractivity contribution in [1.29, 1.82) is 0 Å². The zero-order chi connectivity index (χ0) is 15.1. The largest absolute Gasteiger partial charge is 0.326 e. The molecule has 0 spiro atoms. The fourth-order valence-electron chi connectivity index (χ4n) is 2.86. The minimum Gasteiger partial charge on any atom is -0.326 e. The third kappa shape index (κ3) is 2.48. The number of hydrogen-bond donors (Lipinski definition) is 0. The first kappa shape index (κ1) is 14.6. The van der Waals surface area contributed by atoms with Crippen LogP contribution in [0.15, 0.2) is 44.9 Å². The highest BCUT2D eigenvalue weighted by atomic mass is 79.9. The first-order valence-electron chi connectivity index (χ1n) is 6.90. The molecule has 0 fully saturated rings. The summed E-state index contributed by atoms with van der Waals surface area (Å²) >= 11 is 8.48. The van der Waals surface area contributed by atoms with E-state index in [2.05, 4.69) is 44.9 Å². The predicted molar refractivity (Wildman–Crippen MR) is 97.2 cm³/mol. The van der Waals surface area contributed by atoms with Gasteiger partial charge in [0.2, 0.25) is 0 Å².